The maximum absolute atomic E-state index is 12.9. The fourth-order valence-electron chi connectivity index (χ4n) is 4.43. The third-order valence-corrected chi connectivity index (χ3v) is 6.56. The van der Waals surface area contributed by atoms with E-state index in [1.807, 2.05) is 30.3 Å². The van der Waals surface area contributed by atoms with E-state index in [1.54, 1.807) is 53.2 Å². The normalized spacial score (nSPS) is 17.0. The second kappa shape index (κ2) is 9.43. The molecule has 0 aliphatic carbocycles. The summed E-state index contributed by atoms with van der Waals surface area (Å²) in [6.07, 6.45) is 0.284. The van der Waals surface area contributed by atoms with E-state index in [1.165, 1.54) is 0 Å². The van der Waals surface area contributed by atoms with Crippen LogP contribution in [0.25, 0.3) is 0 Å². The molecule has 1 unspecified atom stereocenters. The van der Waals surface area contributed by atoms with E-state index in [9.17, 15) is 14.4 Å². The molecule has 1 N–H and O–H groups in total. The molecule has 2 aliphatic heterocycles. The second-order valence-electron chi connectivity index (χ2n) is 8.85. The number of benzene rings is 3. The van der Waals surface area contributed by atoms with Gasteiger partial charge < -0.3 is 19.9 Å². The zero-order chi connectivity index (χ0) is 24.5. The van der Waals surface area contributed by atoms with Gasteiger partial charge in [0.2, 0.25) is 5.91 Å². The fourth-order valence-corrected chi connectivity index (χ4v) is 4.55. The van der Waals surface area contributed by atoms with Crippen molar-refractivity contribution in [1.29, 1.82) is 0 Å². The molecular weight excluding hydrogens is 466 g/mol. The van der Waals surface area contributed by atoms with Crippen LogP contribution in [0.4, 0.5) is 0 Å². The zero-order valence-corrected chi connectivity index (χ0v) is 19.9. The van der Waals surface area contributed by atoms with E-state index in [0.29, 0.717) is 47.3 Å². The highest BCUT2D eigenvalue weighted by molar-refractivity contribution is 6.30. The van der Waals surface area contributed by atoms with Gasteiger partial charge in [0.15, 0.2) is 0 Å². The van der Waals surface area contributed by atoms with Crippen LogP contribution >= 0.6 is 11.6 Å². The Morgan fingerprint density at radius 1 is 1.09 bits per heavy atom. The molecule has 0 saturated carbocycles. The third kappa shape index (κ3) is 4.86. The zero-order valence-electron chi connectivity index (χ0n) is 19.2. The molecule has 1 fully saturated rings. The first-order chi connectivity index (χ1) is 16.9. The van der Waals surface area contributed by atoms with Crippen molar-refractivity contribution in [2.24, 2.45) is 0 Å². The van der Waals surface area contributed by atoms with Crippen molar-refractivity contribution in [3.63, 3.8) is 0 Å². The Hall–Kier alpha value is -3.84. The molecule has 0 bridgehead atoms. The number of fused-ring (bicyclic) bond motifs is 1. The lowest BCUT2D eigenvalue weighted by atomic mass is 10.1. The molecule has 0 aromatic heterocycles. The number of rotatable bonds is 6. The van der Waals surface area contributed by atoms with Crippen LogP contribution < -0.4 is 10.1 Å². The van der Waals surface area contributed by atoms with E-state index < -0.39 is 0 Å². The van der Waals surface area contributed by atoms with Crippen LogP contribution in [-0.4, -0.2) is 47.2 Å². The van der Waals surface area contributed by atoms with Gasteiger partial charge in [-0.15, -0.1) is 0 Å². The number of carbonyl (C=O) groups excluding carboxylic acids is 3. The SMILES string of the molecule is CN1CC(NC(=O)c2ccc(CN3Cc4ccccc4C3=O)c(Oc3ccc(Cl)cc3)c2)CC1=O. The summed E-state index contributed by atoms with van der Waals surface area (Å²) < 4.78 is 6.14. The minimum Gasteiger partial charge on any atom is -0.457 e. The molecule has 35 heavy (non-hydrogen) atoms. The molecule has 178 valence electrons. The van der Waals surface area contributed by atoms with Gasteiger partial charge in [0.1, 0.15) is 11.5 Å². The number of likely N-dealkylation sites (N-methyl/N-ethyl adjacent to an activating group) is 1. The van der Waals surface area contributed by atoms with Crippen molar-refractivity contribution in [3.05, 3.63) is 94.0 Å². The monoisotopic (exact) mass is 489 g/mol. The summed E-state index contributed by atoms with van der Waals surface area (Å²) >= 11 is 6.01. The number of likely N-dealkylation sites (tertiary alicyclic amines) is 1. The third-order valence-electron chi connectivity index (χ3n) is 6.30. The van der Waals surface area contributed by atoms with E-state index >= 15 is 0 Å². The van der Waals surface area contributed by atoms with Gasteiger partial charge >= 0.3 is 0 Å². The smallest absolute Gasteiger partial charge is 0.254 e. The Balaban J connectivity index is 1.40. The first-order valence-corrected chi connectivity index (χ1v) is 11.7. The summed E-state index contributed by atoms with van der Waals surface area (Å²) in [7, 11) is 1.72. The van der Waals surface area contributed by atoms with Crippen LogP contribution in [0.3, 0.4) is 0 Å². The van der Waals surface area contributed by atoms with Crippen molar-refractivity contribution in [3.8, 4) is 11.5 Å². The van der Waals surface area contributed by atoms with Crippen LogP contribution in [0, 0.1) is 0 Å². The molecule has 3 amide bonds. The fraction of sp³-hybridized carbons (Fsp3) is 0.222. The van der Waals surface area contributed by atoms with Gasteiger partial charge in [0.25, 0.3) is 11.8 Å². The Bertz CT molecular complexity index is 1310. The van der Waals surface area contributed by atoms with E-state index in [4.69, 9.17) is 16.3 Å². The van der Waals surface area contributed by atoms with Crippen LogP contribution in [0.1, 0.15) is 38.3 Å². The quantitative estimate of drug-likeness (QED) is 0.561. The molecule has 2 heterocycles. The lowest BCUT2D eigenvalue weighted by molar-refractivity contribution is -0.126. The molecule has 0 radical (unpaired) electrons. The number of nitrogens with one attached hydrogen (secondary N) is 1. The Labute approximate surface area is 208 Å². The molecule has 3 aromatic carbocycles. The van der Waals surface area contributed by atoms with Crippen molar-refractivity contribution < 1.29 is 19.1 Å². The molecule has 0 spiro atoms. The lowest BCUT2D eigenvalue weighted by Gasteiger charge is -2.19. The predicted molar refractivity (Wildman–Crippen MR) is 131 cm³/mol. The summed E-state index contributed by atoms with van der Waals surface area (Å²) in [5.74, 6) is 0.731. The summed E-state index contributed by atoms with van der Waals surface area (Å²) in [4.78, 5) is 41.0. The van der Waals surface area contributed by atoms with Crippen LogP contribution in [-0.2, 0) is 17.9 Å². The van der Waals surface area contributed by atoms with Gasteiger partial charge in [-0.2, -0.15) is 0 Å². The second-order valence-corrected chi connectivity index (χ2v) is 9.28. The number of hydrogen-bond acceptors (Lipinski definition) is 4. The van der Waals surface area contributed by atoms with Gasteiger partial charge in [-0.05, 0) is 48.0 Å². The molecule has 2 aliphatic rings. The summed E-state index contributed by atoms with van der Waals surface area (Å²) in [5.41, 5.74) is 2.88. The van der Waals surface area contributed by atoms with Crippen LogP contribution in [0.2, 0.25) is 5.02 Å². The van der Waals surface area contributed by atoms with Gasteiger partial charge in [-0.25, -0.2) is 0 Å². The first-order valence-electron chi connectivity index (χ1n) is 11.4. The van der Waals surface area contributed by atoms with Crippen molar-refractivity contribution in [1.82, 2.24) is 15.1 Å². The summed E-state index contributed by atoms with van der Waals surface area (Å²) in [5, 5.41) is 3.51. The topological polar surface area (TPSA) is 79.0 Å². The van der Waals surface area contributed by atoms with Gasteiger partial charge in [0, 0.05) is 48.3 Å². The molecule has 1 saturated heterocycles. The number of amides is 3. The van der Waals surface area contributed by atoms with Gasteiger partial charge in [-0.1, -0.05) is 35.9 Å². The predicted octanol–water partition coefficient (Wildman–Crippen LogP) is 4.25. The van der Waals surface area contributed by atoms with Crippen LogP contribution in [0.15, 0.2) is 66.7 Å². The molecule has 5 rings (SSSR count). The summed E-state index contributed by atoms with van der Waals surface area (Å²) in [6.45, 7) is 1.33. The largest absolute Gasteiger partial charge is 0.457 e. The first kappa shape index (κ1) is 22.9. The van der Waals surface area contributed by atoms with Crippen molar-refractivity contribution in [2.75, 3.05) is 13.6 Å². The lowest BCUT2D eigenvalue weighted by Crippen LogP contribution is -2.36. The van der Waals surface area contributed by atoms with E-state index in [0.717, 1.165) is 11.1 Å². The highest BCUT2D eigenvalue weighted by Gasteiger charge is 2.29. The van der Waals surface area contributed by atoms with Crippen molar-refractivity contribution in [2.45, 2.75) is 25.6 Å². The van der Waals surface area contributed by atoms with Crippen molar-refractivity contribution >= 4 is 29.3 Å². The van der Waals surface area contributed by atoms with Gasteiger partial charge in [-0.3, -0.25) is 14.4 Å². The van der Waals surface area contributed by atoms with Crippen LogP contribution in [0.5, 0.6) is 11.5 Å². The average molecular weight is 490 g/mol. The van der Waals surface area contributed by atoms with E-state index in [2.05, 4.69) is 5.32 Å². The van der Waals surface area contributed by atoms with Gasteiger partial charge in [0.05, 0.1) is 12.6 Å². The highest BCUT2D eigenvalue weighted by atomic mass is 35.5. The molecule has 3 aromatic rings. The highest BCUT2D eigenvalue weighted by Crippen LogP contribution is 2.31. The Kier molecular flexibility index (Phi) is 6.17. The summed E-state index contributed by atoms with van der Waals surface area (Å²) in [6, 6.07) is 19.5. The Morgan fingerprint density at radius 2 is 1.86 bits per heavy atom. The molecule has 8 heteroatoms. The molecule has 1 atom stereocenters. The number of carbonyl (C=O) groups is 3. The van der Waals surface area contributed by atoms with E-state index in [-0.39, 0.29) is 30.2 Å². The average Bonchev–Trinajstić information content (AvgIpc) is 3.33. The maximum Gasteiger partial charge on any atom is 0.254 e. The molecular formula is C27H24ClN3O4. The number of ether oxygens (including phenoxy) is 1. The standard InChI is InChI=1S/C27H24ClN3O4/c1-30-16-21(13-25(30)32)29-26(33)17-6-7-19(24(12-17)35-22-10-8-20(28)9-11-22)15-31-14-18-4-2-3-5-23(18)27(31)34/h2-12,21H,13-16H2,1H3,(H,29,33). The minimum absolute atomic E-state index is 0.00804. The number of hydrogen-bond donors (Lipinski definition) is 1. The number of nitrogens with zero attached hydrogens (tertiary/aromatic N) is 2. The molecule has 7 nitrogen and oxygen atoms in total. The minimum atomic E-state index is -0.282. The maximum atomic E-state index is 12.9. The Morgan fingerprint density at radius 3 is 2.57 bits per heavy atom. The number of halogens is 1.